The fourth-order valence-electron chi connectivity index (χ4n) is 1.53. The zero-order valence-electron chi connectivity index (χ0n) is 11.9. The van der Waals surface area contributed by atoms with Gasteiger partial charge in [0.2, 0.25) is 5.91 Å². The molecular weight excluding hydrogens is 280 g/mol. The van der Waals surface area contributed by atoms with Gasteiger partial charge in [-0.1, -0.05) is 18.7 Å². The van der Waals surface area contributed by atoms with Crippen molar-refractivity contribution in [2.24, 2.45) is 5.92 Å². The van der Waals surface area contributed by atoms with Gasteiger partial charge in [0.05, 0.1) is 5.75 Å². The van der Waals surface area contributed by atoms with Crippen molar-refractivity contribution in [1.29, 1.82) is 0 Å². The molecule has 1 aromatic heterocycles. The molecule has 1 unspecified atom stereocenters. The number of carbonyl (C=O) groups is 2. The number of carboxylic acid groups (broad SMARTS) is 1. The van der Waals surface area contributed by atoms with Crippen molar-refractivity contribution in [3.05, 3.63) is 6.33 Å². The molecule has 0 spiro atoms. The zero-order chi connectivity index (χ0) is 15.1. The van der Waals surface area contributed by atoms with E-state index < -0.39 is 5.97 Å². The number of carbonyl (C=O) groups excluding carboxylic acids is 1. The number of hydrogen-bond donors (Lipinski definition) is 2. The van der Waals surface area contributed by atoms with E-state index >= 15 is 0 Å². The monoisotopic (exact) mass is 300 g/mol. The van der Waals surface area contributed by atoms with Crippen molar-refractivity contribution in [3.63, 3.8) is 0 Å². The molecule has 112 valence electrons. The molecule has 0 bridgehead atoms. The summed E-state index contributed by atoms with van der Waals surface area (Å²) in [7, 11) is 0. The van der Waals surface area contributed by atoms with Crippen molar-refractivity contribution in [2.75, 3.05) is 12.3 Å². The normalized spacial score (nSPS) is 12.4. The Kier molecular flexibility index (Phi) is 6.50. The van der Waals surface area contributed by atoms with Gasteiger partial charge in [0.15, 0.2) is 5.16 Å². The number of carboxylic acids is 1. The summed E-state index contributed by atoms with van der Waals surface area (Å²) in [6.07, 6.45) is 1.69. The maximum Gasteiger partial charge on any atom is 0.303 e. The Morgan fingerprint density at radius 1 is 1.45 bits per heavy atom. The second kappa shape index (κ2) is 7.88. The van der Waals surface area contributed by atoms with Gasteiger partial charge in [-0.25, -0.2) is 0 Å². The topological polar surface area (TPSA) is 97.1 Å². The minimum atomic E-state index is -0.855. The Labute approximate surface area is 122 Å². The molecule has 20 heavy (non-hydrogen) atoms. The molecule has 7 nitrogen and oxygen atoms in total. The Morgan fingerprint density at radius 2 is 2.15 bits per heavy atom. The molecule has 0 aromatic carbocycles. The smallest absolute Gasteiger partial charge is 0.303 e. The first-order valence-electron chi connectivity index (χ1n) is 6.41. The average Bonchev–Trinajstić information content (AvgIpc) is 2.81. The average molecular weight is 300 g/mol. The molecule has 0 saturated heterocycles. The van der Waals surface area contributed by atoms with Gasteiger partial charge in [0, 0.05) is 19.0 Å². The molecule has 0 fully saturated rings. The number of hydrogen-bond acceptors (Lipinski definition) is 5. The molecule has 8 heteroatoms. The summed E-state index contributed by atoms with van der Waals surface area (Å²) < 4.78 is 1.89. The third-order valence-corrected chi connectivity index (χ3v) is 3.56. The summed E-state index contributed by atoms with van der Waals surface area (Å²) >= 11 is 1.32. The highest BCUT2D eigenvalue weighted by Crippen LogP contribution is 2.18. The van der Waals surface area contributed by atoms with Crippen molar-refractivity contribution < 1.29 is 14.7 Å². The minimum absolute atomic E-state index is 0.0507. The van der Waals surface area contributed by atoms with Crippen LogP contribution in [0.2, 0.25) is 0 Å². The largest absolute Gasteiger partial charge is 0.481 e. The van der Waals surface area contributed by atoms with Gasteiger partial charge in [0.1, 0.15) is 6.33 Å². The van der Waals surface area contributed by atoms with Gasteiger partial charge >= 0.3 is 5.97 Å². The summed E-state index contributed by atoms with van der Waals surface area (Å²) in [6, 6.07) is 0.242. The summed E-state index contributed by atoms with van der Waals surface area (Å²) in [4.78, 5) is 22.2. The fraction of sp³-hybridized carbons (Fsp3) is 0.667. The van der Waals surface area contributed by atoms with Crippen LogP contribution in [0, 0.1) is 5.92 Å². The fourth-order valence-corrected chi connectivity index (χ4v) is 2.40. The van der Waals surface area contributed by atoms with Crippen molar-refractivity contribution in [1.82, 2.24) is 20.1 Å². The van der Waals surface area contributed by atoms with Crippen LogP contribution < -0.4 is 5.32 Å². The first-order chi connectivity index (χ1) is 9.40. The molecular formula is C12H20N4O3S. The van der Waals surface area contributed by atoms with Crippen LogP contribution in [0.15, 0.2) is 11.5 Å². The second-order valence-corrected chi connectivity index (χ2v) is 5.85. The van der Waals surface area contributed by atoms with Gasteiger partial charge in [-0.3, -0.25) is 9.59 Å². The van der Waals surface area contributed by atoms with E-state index in [2.05, 4.69) is 15.5 Å². The number of thioether (sulfide) groups is 1. The van der Waals surface area contributed by atoms with Crippen LogP contribution in [0.25, 0.3) is 0 Å². The standard InChI is InChI=1S/C12H20N4O3S/c1-8(2)16-7-14-15-12(16)20-6-10(17)13-5-9(3)4-11(18)19/h7-9H,4-6H2,1-3H3,(H,13,17)(H,18,19). The number of rotatable bonds is 8. The quantitative estimate of drug-likeness (QED) is 0.700. The lowest BCUT2D eigenvalue weighted by atomic mass is 10.1. The lowest BCUT2D eigenvalue weighted by Gasteiger charge is -2.11. The van der Waals surface area contributed by atoms with Gasteiger partial charge in [0.25, 0.3) is 0 Å². The molecule has 0 aliphatic carbocycles. The van der Waals surface area contributed by atoms with Crippen LogP contribution in [-0.2, 0) is 9.59 Å². The van der Waals surface area contributed by atoms with Gasteiger partial charge in [-0.05, 0) is 19.8 Å². The Morgan fingerprint density at radius 3 is 2.75 bits per heavy atom. The first-order valence-corrected chi connectivity index (χ1v) is 7.39. The molecule has 1 rings (SSSR count). The number of aliphatic carboxylic acids is 1. The summed E-state index contributed by atoms with van der Waals surface area (Å²) in [6.45, 7) is 6.18. The molecule has 1 atom stereocenters. The molecule has 0 radical (unpaired) electrons. The van der Waals surface area contributed by atoms with Gasteiger partial charge < -0.3 is 15.0 Å². The molecule has 1 heterocycles. The van der Waals surface area contributed by atoms with Gasteiger partial charge in [-0.15, -0.1) is 10.2 Å². The van der Waals surface area contributed by atoms with E-state index in [1.807, 2.05) is 18.4 Å². The highest BCUT2D eigenvalue weighted by atomic mass is 32.2. The van der Waals surface area contributed by atoms with Crippen LogP contribution in [0.1, 0.15) is 33.2 Å². The van der Waals surface area contributed by atoms with Gasteiger partial charge in [-0.2, -0.15) is 0 Å². The van der Waals surface area contributed by atoms with Crippen molar-refractivity contribution >= 4 is 23.6 Å². The molecule has 0 aliphatic rings. The molecule has 0 saturated carbocycles. The highest BCUT2D eigenvalue weighted by Gasteiger charge is 2.12. The first kappa shape index (κ1) is 16.5. The SMILES string of the molecule is CC(CNC(=O)CSc1nncn1C(C)C)CC(=O)O. The van der Waals surface area contributed by atoms with E-state index in [-0.39, 0.29) is 30.0 Å². The molecule has 1 aromatic rings. The number of amides is 1. The third kappa shape index (κ3) is 5.60. The molecule has 2 N–H and O–H groups in total. The van der Waals surface area contributed by atoms with E-state index in [9.17, 15) is 9.59 Å². The van der Waals surface area contributed by atoms with E-state index in [0.717, 1.165) is 0 Å². The maximum atomic E-state index is 11.7. The second-order valence-electron chi connectivity index (χ2n) is 4.91. The van der Waals surface area contributed by atoms with Crippen LogP contribution >= 0.6 is 11.8 Å². The Bertz CT molecular complexity index is 461. The maximum absolute atomic E-state index is 11.7. The number of nitrogens with one attached hydrogen (secondary N) is 1. The predicted molar refractivity (Wildman–Crippen MR) is 75.6 cm³/mol. The van der Waals surface area contributed by atoms with E-state index in [1.54, 1.807) is 13.3 Å². The molecule has 0 aliphatic heterocycles. The van der Waals surface area contributed by atoms with Crippen LogP contribution in [0.5, 0.6) is 0 Å². The van der Waals surface area contributed by atoms with Crippen LogP contribution in [0.3, 0.4) is 0 Å². The highest BCUT2D eigenvalue weighted by molar-refractivity contribution is 7.99. The minimum Gasteiger partial charge on any atom is -0.481 e. The summed E-state index contributed by atoms with van der Waals surface area (Å²) in [5, 5.41) is 19.8. The third-order valence-electron chi connectivity index (χ3n) is 2.60. The predicted octanol–water partition coefficient (Wildman–Crippen LogP) is 1.18. The molecule has 1 amide bonds. The zero-order valence-corrected chi connectivity index (χ0v) is 12.7. The lowest BCUT2D eigenvalue weighted by molar-refractivity contribution is -0.138. The van der Waals surface area contributed by atoms with E-state index in [1.165, 1.54) is 11.8 Å². The van der Waals surface area contributed by atoms with Crippen LogP contribution in [-0.4, -0.2) is 44.0 Å². The number of nitrogens with zero attached hydrogens (tertiary/aromatic N) is 3. The van der Waals surface area contributed by atoms with Crippen molar-refractivity contribution in [3.8, 4) is 0 Å². The van der Waals surface area contributed by atoms with E-state index in [4.69, 9.17) is 5.11 Å². The number of aromatic nitrogens is 3. The van der Waals surface area contributed by atoms with E-state index in [0.29, 0.717) is 11.7 Å². The Hall–Kier alpha value is -1.57. The lowest BCUT2D eigenvalue weighted by Crippen LogP contribution is -2.30. The van der Waals surface area contributed by atoms with Crippen LogP contribution in [0.4, 0.5) is 0 Å². The summed E-state index contributed by atoms with van der Waals surface area (Å²) in [5.74, 6) is -0.831. The van der Waals surface area contributed by atoms with Crippen molar-refractivity contribution in [2.45, 2.75) is 38.4 Å². The Balaban J connectivity index is 2.33. The summed E-state index contributed by atoms with van der Waals surface area (Å²) in [5.41, 5.74) is 0.